The van der Waals surface area contributed by atoms with Crippen LogP contribution in [0.3, 0.4) is 0 Å². The lowest BCUT2D eigenvalue weighted by molar-refractivity contribution is -0.118. The van der Waals surface area contributed by atoms with E-state index in [4.69, 9.17) is 0 Å². The molecule has 0 unspecified atom stereocenters. The third-order valence-electron chi connectivity index (χ3n) is 2.10. The number of pyridine rings is 1. The summed E-state index contributed by atoms with van der Waals surface area (Å²) in [4.78, 5) is 25.3. The van der Waals surface area contributed by atoms with E-state index >= 15 is 0 Å². The smallest absolute Gasteiger partial charge is 0.342 e. The fourth-order valence-electron chi connectivity index (χ4n) is 1.24. The lowest BCUT2D eigenvalue weighted by Gasteiger charge is -2.00. The number of amides is 1. The lowest BCUT2D eigenvalue weighted by atomic mass is 10.2. The highest BCUT2D eigenvalue weighted by atomic mass is 19.1. The molecule has 0 aromatic carbocycles. The van der Waals surface area contributed by atoms with Gasteiger partial charge >= 0.3 is 5.97 Å². The van der Waals surface area contributed by atoms with Gasteiger partial charge in [-0.05, 0) is 6.07 Å². The molecule has 19 heavy (non-hydrogen) atoms. The summed E-state index contributed by atoms with van der Waals surface area (Å²) in [5, 5.41) is 2.59. The van der Waals surface area contributed by atoms with Crippen LogP contribution in [0.15, 0.2) is 12.3 Å². The molecule has 0 saturated carbocycles. The van der Waals surface area contributed by atoms with Crippen LogP contribution in [0.25, 0.3) is 0 Å². The van der Waals surface area contributed by atoms with Crippen molar-refractivity contribution < 1.29 is 18.7 Å². The van der Waals surface area contributed by atoms with Gasteiger partial charge in [0.05, 0.1) is 7.11 Å². The van der Waals surface area contributed by atoms with E-state index in [9.17, 15) is 14.0 Å². The third-order valence-corrected chi connectivity index (χ3v) is 2.10. The van der Waals surface area contributed by atoms with Crippen molar-refractivity contribution in [2.75, 3.05) is 13.7 Å². The number of aromatic nitrogens is 1. The molecular formula is C13H13FN2O3. The molecule has 0 radical (unpaired) electrons. The standard InChI is InChI=1S/C13H13FN2O3/c1-9(17)15-6-4-3-5-10-7-11(13(18)19-2)12(14)16-8-10/h7-8H,4,6H2,1-2H3,(H,15,17). The van der Waals surface area contributed by atoms with Gasteiger partial charge in [0.25, 0.3) is 0 Å². The minimum absolute atomic E-state index is 0.127. The molecule has 5 nitrogen and oxygen atoms in total. The van der Waals surface area contributed by atoms with Crippen molar-refractivity contribution >= 4 is 11.9 Å². The van der Waals surface area contributed by atoms with Gasteiger partial charge in [0.1, 0.15) is 5.56 Å². The van der Waals surface area contributed by atoms with Gasteiger partial charge in [0.2, 0.25) is 11.9 Å². The highest BCUT2D eigenvalue weighted by Gasteiger charge is 2.13. The van der Waals surface area contributed by atoms with Crippen LogP contribution in [0.4, 0.5) is 4.39 Å². The van der Waals surface area contributed by atoms with Crippen molar-refractivity contribution in [3.8, 4) is 11.8 Å². The highest BCUT2D eigenvalue weighted by Crippen LogP contribution is 2.08. The normalized spacial score (nSPS) is 9.21. The Hall–Kier alpha value is -2.42. The van der Waals surface area contributed by atoms with E-state index in [-0.39, 0.29) is 11.5 Å². The van der Waals surface area contributed by atoms with E-state index in [0.717, 1.165) is 7.11 Å². The van der Waals surface area contributed by atoms with Crippen molar-refractivity contribution in [2.45, 2.75) is 13.3 Å². The number of methoxy groups -OCH3 is 1. The fourth-order valence-corrected chi connectivity index (χ4v) is 1.24. The molecule has 0 aliphatic heterocycles. The minimum Gasteiger partial charge on any atom is -0.465 e. The molecule has 1 aromatic heterocycles. The van der Waals surface area contributed by atoms with E-state index in [2.05, 4.69) is 26.9 Å². The number of halogens is 1. The van der Waals surface area contributed by atoms with Crippen LogP contribution in [0.2, 0.25) is 0 Å². The molecule has 0 aliphatic carbocycles. The van der Waals surface area contributed by atoms with E-state index in [1.54, 1.807) is 0 Å². The summed E-state index contributed by atoms with van der Waals surface area (Å²) in [7, 11) is 1.16. The molecule has 1 rings (SSSR count). The number of ether oxygens (including phenoxy) is 1. The molecule has 0 saturated heterocycles. The maximum Gasteiger partial charge on any atom is 0.342 e. The molecule has 1 amide bonds. The predicted molar refractivity (Wildman–Crippen MR) is 65.7 cm³/mol. The van der Waals surface area contributed by atoms with Crippen LogP contribution < -0.4 is 5.32 Å². The number of rotatable bonds is 3. The zero-order chi connectivity index (χ0) is 14.3. The Bertz CT molecular complexity index is 547. The molecule has 100 valence electrons. The Kier molecular flexibility index (Phi) is 5.48. The van der Waals surface area contributed by atoms with Gasteiger partial charge in [0, 0.05) is 31.6 Å². The highest BCUT2D eigenvalue weighted by molar-refractivity contribution is 5.89. The molecule has 1 N–H and O–H groups in total. The summed E-state index contributed by atoms with van der Waals surface area (Å²) >= 11 is 0. The van der Waals surface area contributed by atoms with Crippen LogP contribution in [0, 0.1) is 17.8 Å². The van der Waals surface area contributed by atoms with Crippen LogP contribution in [-0.4, -0.2) is 30.5 Å². The van der Waals surface area contributed by atoms with Gasteiger partial charge in [-0.3, -0.25) is 4.79 Å². The van der Waals surface area contributed by atoms with E-state index in [0.29, 0.717) is 18.5 Å². The Morgan fingerprint density at radius 1 is 1.53 bits per heavy atom. The average molecular weight is 264 g/mol. The van der Waals surface area contributed by atoms with E-state index in [1.165, 1.54) is 19.2 Å². The lowest BCUT2D eigenvalue weighted by Crippen LogP contribution is -2.20. The number of carbonyl (C=O) groups excluding carboxylic acids is 2. The van der Waals surface area contributed by atoms with Gasteiger partial charge < -0.3 is 10.1 Å². The number of carbonyl (C=O) groups is 2. The Morgan fingerprint density at radius 2 is 2.26 bits per heavy atom. The average Bonchev–Trinajstić information content (AvgIpc) is 2.39. The second kappa shape index (κ2) is 7.11. The fraction of sp³-hybridized carbons (Fsp3) is 0.308. The first-order chi connectivity index (χ1) is 9.04. The second-order valence-corrected chi connectivity index (χ2v) is 3.59. The number of nitrogens with zero attached hydrogens (tertiary/aromatic N) is 1. The molecule has 0 fully saturated rings. The second-order valence-electron chi connectivity index (χ2n) is 3.59. The van der Waals surface area contributed by atoms with Gasteiger partial charge in [-0.2, -0.15) is 4.39 Å². The first-order valence-electron chi connectivity index (χ1n) is 5.51. The van der Waals surface area contributed by atoms with Gasteiger partial charge in [0.15, 0.2) is 0 Å². The van der Waals surface area contributed by atoms with Crippen LogP contribution >= 0.6 is 0 Å². The Morgan fingerprint density at radius 3 is 2.89 bits per heavy atom. The monoisotopic (exact) mass is 264 g/mol. The summed E-state index contributed by atoms with van der Waals surface area (Å²) in [5.74, 6) is 3.69. The number of hydrogen-bond acceptors (Lipinski definition) is 4. The Labute approximate surface area is 110 Å². The van der Waals surface area contributed by atoms with Crippen LogP contribution in [-0.2, 0) is 9.53 Å². The van der Waals surface area contributed by atoms with E-state index < -0.39 is 11.9 Å². The van der Waals surface area contributed by atoms with Crippen molar-refractivity contribution in [3.63, 3.8) is 0 Å². The first-order valence-corrected chi connectivity index (χ1v) is 5.51. The SMILES string of the molecule is COC(=O)c1cc(C#CCCNC(C)=O)cnc1F. The Balaban J connectivity index is 2.72. The zero-order valence-corrected chi connectivity index (χ0v) is 10.6. The van der Waals surface area contributed by atoms with Gasteiger partial charge in [-0.25, -0.2) is 9.78 Å². The zero-order valence-electron chi connectivity index (χ0n) is 10.6. The molecular weight excluding hydrogens is 251 g/mol. The number of nitrogens with one attached hydrogen (secondary N) is 1. The van der Waals surface area contributed by atoms with Gasteiger partial charge in [-0.1, -0.05) is 11.8 Å². The van der Waals surface area contributed by atoms with Gasteiger partial charge in [-0.15, -0.1) is 0 Å². The third kappa shape index (κ3) is 4.76. The maximum absolute atomic E-state index is 13.2. The van der Waals surface area contributed by atoms with Crippen molar-refractivity contribution in [2.24, 2.45) is 0 Å². The van der Waals surface area contributed by atoms with E-state index in [1.807, 2.05) is 0 Å². The largest absolute Gasteiger partial charge is 0.465 e. The predicted octanol–water partition coefficient (Wildman–Crippen LogP) is 0.885. The van der Waals surface area contributed by atoms with Crippen molar-refractivity contribution in [1.29, 1.82) is 0 Å². The summed E-state index contributed by atoms with van der Waals surface area (Å²) in [6.45, 7) is 1.85. The van der Waals surface area contributed by atoms with Crippen LogP contribution in [0.5, 0.6) is 0 Å². The quantitative estimate of drug-likeness (QED) is 0.381. The summed E-state index contributed by atoms with van der Waals surface area (Å²) in [5.41, 5.74) is 0.154. The van der Waals surface area contributed by atoms with Crippen molar-refractivity contribution in [1.82, 2.24) is 10.3 Å². The maximum atomic E-state index is 13.2. The topological polar surface area (TPSA) is 68.3 Å². The molecule has 0 aliphatic rings. The number of esters is 1. The number of hydrogen-bond donors (Lipinski definition) is 1. The first kappa shape index (κ1) is 14.6. The molecule has 0 atom stereocenters. The molecule has 0 spiro atoms. The molecule has 0 bridgehead atoms. The molecule has 1 aromatic rings. The van der Waals surface area contributed by atoms with Crippen molar-refractivity contribution in [3.05, 3.63) is 29.3 Å². The minimum atomic E-state index is -0.893. The van der Waals surface area contributed by atoms with Crippen LogP contribution in [0.1, 0.15) is 29.3 Å². The summed E-state index contributed by atoms with van der Waals surface area (Å²) in [6, 6.07) is 1.28. The summed E-state index contributed by atoms with van der Waals surface area (Å²) < 4.78 is 17.7. The molecule has 1 heterocycles. The molecule has 6 heteroatoms. The summed E-state index contributed by atoms with van der Waals surface area (Å²) in [6.07, 6.45) is 1.68.